The van der Waals surface area contributed by atoms with Crippen molar-refractivity contribution in [2.45, 2.75) is 32.7 Å². The van der Waals surface area contributed by atoms with E-state index in [9.17, 15) is 0 Å². The zero-order valence-electron chi connectivity index (χ0n) is 9.17. The highest BCUT2D eigenvalue weighted by Crippen LogP contribution is 2.21. The van der Waals surface area contributed by atoms with Crippen molar-refractivity contribution in [1.29, 1.82) is 0 Å². The first kappa shape index (κ1) is 12.0. The first-order chi connectivity index (χ1) is 6.67. The second-order valence-corrected chi connectivity index (χ2v) is 4.63. The van der Waals surface area contributed by atoms with Crippen molar-refractivity contribution in [1.82, 2.24) is 4.90 Å². The van der Waals surface area contributed by atoms with E-state index in [1.807, 2.05) is 0 Å². The van der Waals surface area contributed by atoms with E-state index in [0.29, 0.717) is 12.0 Å². The Morgan fingerprint density at radius 1 is 1.57 bits per heavy atom. The van der Waals surface area contributed by atoms with E-state index < -0.39 is 0 Å². The van der Waals surface area contributed by atoms with Crippen molar-refractivity contribution >= 4 is 11.6 Å². The van der Waals surface area contributed by atoms with Gasteiger partial charge in [-0.2, -0.15) is 0 Å². The highest BCUT2D eigenvalue weighted by molar-refractivity contribution is 6.25. The van der Waals surface area contributed by atoms with Gasteiger partial charge in [0.25, 0.3) is 0 Å². The molecule has 0 bridgehead atoms. The van der Waals surface area contributed by atoms with Gasteiger partial charge in [0.1, 0.15) is 0 Å². The van der Waals surface area contributed by atoms with Crippen LogP contribution in [0.25, 0.3) is 0 Å². The van der Waals surface area contributed by atoms with Gasteiger partial charge in [0, 0.05) is 24.7 Å². The Kier molecular flexibility index (Phi) is 4.93. The zero-order chi connectivity index (χ0) is 10.6. The smallest absolute Gasteiger partial charge is 0.0204 e. The molecule has 1 saturated heterocycles. The second-order valence-electron chi connectivity index (χ2n) is 4.41. The lowest BCUT2D eigenvalue weighted by atomic mass is 9.93. The van der Waals surface area contributed by atoms with E-state index in [1.54, 1.807) is 5.54 Å². The average molecular weight is 217 g/mol. The first-order valence-corrected chi connectivity index (χ1v) is 5.81. The van der Waals surface area contributed by atoms with Gasteiger partial charge in [-0.1, -0.05) is 11.6 Å². The van der Waals surface area contributed by atoms with E-state index in [1.165, 1.54) is 18.4 Å². The number of hydrogen-bond acceptors (Lipinski definition) is 2. The number of rotatable bonds is 3. The highest BCUT2D eigenvalue weighted by atomic mass is 35.5. The predicted molar refractivity (Wildman–Crippen MR) is 62.4 cm³/mol. The maximum absolute atomic E-state index is 5.71. The van der Waals surface area contributed by atoms with Gasteiger partial charge in [-0.25, -0.2) is 0 Å². The Morgan fingerprint density at radius 3 is 2.86 bits per heavy atom. The van der Waals surface area contributed by atoms with Crippen LogP contribution in [0.1, 0.15) is 26.7 Å². The van der Waals surface area contributed by atoms with Crippen LogP contribution in [0.5, 0.6) is 0 Å². The van der Waals surface area contributed by atoms with Crippen molar-refractivity contribution in [3.05, 3.63) is 11.1 Å². The van der Waals surface area contributed by atoms with Gasteiger partial charge >= 0.3 is 0 Å². The average Bonchev–Trinajstić information content (AvgIpc) is 2.21. The minimum Gasteiger partial charge on any atom is -0.330 e. The number of halogens is 1. The van der Waals surface area contributed by atoms with Crippen LogP contribution in [-0.2, 0) is 0 Å². The lowest BCUT2D eigenvalue weighted by molar-refractivity contribution is 0.132. The minimum absolute atomic E-state index is 0.671. The number of nitrogens with zero attached hydrogens (tertiary/aromatic N) is 1. The summed E-state index contributed by atoms with van der Waals surface area (Å²) in [7, 11) is 0. The molecule has 1 rings (SSSR count). The maximum atomic E-state index is 5.71. The van der Waals surface area contributed by atoms with Crippen LogP contribution in [0.4, 0.5) is 0 Å². The fourth-order valence-corrected chi connectivity index (χ4v) is 2.10. The molecule has 0 radical (unpaired) electrons. The predicted octanol–water partition coefficient (Wildman–Crippen LogP) is 2.19. The minimum atomic E-state index is 0.671. The lowest BCUT2D eigenvalue weighted by Gasteiger charge is -2.37. The summed E-state index contributed by atoms with van der Waals surface area (Å²) in [4.78, 5) is 2.48. The van der Waals surface area contributed by atoms with Gasteiger partial charge in [-0.15, -0.1) is 0 Å². The lowest BCUT2D eigenvalue weighted by Crippen LogP contribution is -2.44. The molecule has 1 aliphatic heterocycles. The maximum Gasteiger partial charge on any atom is 0.0204 e. The van der Waals surface area contributed by atoms with Crippen molar-refractivity contribution < 1.29 is 0 Å². The summed E-state index contributed by atoms with van der Waals surface area (Å²) in [5, 5.41) is 0. The monoisotopic (exact) mass is 216 g/mol. The van der Waals surface area contributed by atoms with Crippen LogP contribution in [0.3, 0.4) is 0 Å². The molecule has 1 heterocycles. The van der Waals surface area contributed by atoms with E-state index in [0.717, 1.165) is 19.6 Å². The van der Waals surface area contributed by atoms with Crippen molar-refractivity contribution in [2.75, 3.05) is 19.6 Å². The molecule has 0 aromatic carbocycles. The highest BCUT2D eigenvalue weighted by Gasteiger charge is 2.24. The summed E-state index contributed by atoms with van der Waals surface area (Å²) in [6.45, 7) is 7.29. The molecule has 82 valence electrons. The standard InChI is InChI=1S/C11H21ClN2/c1-9(5-12)7-14-8-11(6-13)4-3-10(14)2/h5,10-11H,3-4,6-8,13H2,1-2H3. The fourth-order valence-electron chi connectivity index (χ4n) is 2.03. The number of piperidine rings is 1. The molecule has 0 amide bonds. The molecule has 0 aromatic rings. The van der Waals surface area contributed by atoms with E-state index in [-0.39, 0.29) is 0 Å². The largest absolute Gasteiger partial charge is 0.330 e. The molecule has 2 unspecified atom stereocenters. The molecular weight excluding hydrogens is 196 g/mol. The van der Waals surface area contributed by atoms with Crippen LogP contribution in [-0.4, -0.2) is 30.6 Å². The normalized spacial score (nSPS) is 30.7. The zero-order valence-corrected chi connectivity index (χ0v) is 9.93. The first-order valence-electron chi connectivity index (χ1n) is 5.37. The Balaban J connectivity index is 2.48. The summed E-state index contributed by atoms with van der Waals surface area (Å²) < 4.78 is 0. The summed E-state index contributed by atoms with van der Waals surface area (Å²) >= 11 is 5.68. The third kappa shape index (κ3) is 3.26. The molecule has 2 nitrogen and oxygen atoms in total. The van der Waals surface area contributed by atoms with Crippen LogP contribution in [0.2, 0.25) is 0 Å². The Hall–Kier alpha value is -0.0500. The summed E-state index contributed by atoms with van der Waals surface area (Å²) in [6.07, 6.45) is 2.54. The summed E-state index contributed by atoms with van der Waals surface area (Å²) in [5.41, 5.74) is 8.62. The molecule has 0 saturated carbocycles. The second kappa shape index (κ2) is 5.74. The van der Waals surface area contributed by atoms with Crippen molar-refractivity contribution in [3.63, 3.8) is 0 Å². The van der Waals surface area contributed by atoms with Gasteiger partial charge in [0.2, 0.25) is 0 Å². The van der Waals surface area contributed by atoms with Crippen molar-refractivity contribution in [2.24, 2.45) is 11.7 Å². The number of nitrogens with two attached hydrogens (primary N) is 1. The van der Waals surface area contributed by atoms with Gasteiger partial charge in [-0.05, 0) is 44.7 Å². The van der Waals surface area contributed by atoms with Gasteiger partial charge in [0.15, 0.2) is 0 Å². The van der Waals surface area contributed by atoms with E-state index >= 15 is 0 Å². The molecule has 0 aromatic heterocycles. The third-order valence-corrected chi connectivity index (χ3v) is 3.45. The molecular formula is C11H21ClN2. The van der Waals surface area contributed by atoms with Crippen LogP contribution in [0.15, 0.2) is 11.1 Å². The van der Waals surface area contributed by atoms with Crippen LogP contribution in [0, 0.1) is 5.92 Å². The molecule has 2 N–H and O–H groups in total. The van der Waals surface area contributed by atoms with E-state index in [2.05, 4.69) is 18.7 Å². The van der Waals surface area contributed by atoms with Gasteiger partial charge < -0.3 is 5.73 Å². The van der Waals surface area contributed by atoms with Crippen molar-refractivity contribution in [3.8, 4) is 0 Å². The Morgan fingerprint density at radius 2 is 2.29 bits per heavy atom. The quantitative estimate of drug-likeness (QED) is 0.784. The fraction of sp³-hybridized carbons (Fsp3) is 0.818. The van der Waals surface area contributed by atoms with E-state index in [4.69, 9.17) is 17.3 Å². The topological polar surface area (TPSA) is 29.3 Å². The molecule has 1 aliphatic rings. The summed E-state index contributed by atoms with van der Waals surface area (Å²) in [5.74, 6) is 0.675. The molecule has 2 atom stereocenters. The molecule has 1 fully saturated rings. The number of hydrogen-bond donors (Lipinski definition) is 1. The molecule has 14 heavy (non-hydrogen) atoms. The third-order valence-electron chi connectivity index (χ3n) is 3.08. The molecule has 0 aliphatic carbocycles. The molecule has 3 heteroatoms. The Labute approximate surface area is 92.1 Å². The van der Waals surface area contributed by atoms with Gasteiger partial charge in [0.05, 0.1) is 0 Å². The SMILES string of the molecule is CC(=CCl)CN1CC(CN)CCC1C. The summed E-state index contributed by atoms with van der Waals surface area (Å²) in [6, 6.07) is 0.671. The van der Waals surface area contributed by atoms with Gasteiger partial charge in [-0.3, -0.25) is 4.90 Å². The van der Waals surface area contributed by atoms with Crippen LogP contribution < -0.4 is 5.73 Å². The Bertz CT molecular complexity index is 203. The number of likely N-dealkylation sites (tertiary alicyclic amines) is 1. The van der Waals surface area contributed by atoms with Crippen LogP contribution >= 0.6 is 11.6 Å². The molecule has 0 spiro atoms.